The van der Waals surface area contributed by atoms with Crippen molar-refractivity contribution in [3.63, 3.8) is 0 Å². The van der Waals surface area contributed by atoms with Gasteiger partial charge in [0.15, 0.2) is 5.96 Å². The van der Waals surface area contributed by atoms with Crippen molar-refractivity contribution in [2.45, 2.75) is 24.9 Å². The van der Waals surface area contributed by atoms with Crippen LogP contribution in [-0.4, -0.2) is 41.2 Å². The molecule has 6 rings (SSSR count). The van der Waals surface area contributed by atoms with Gasteiger partial charge in [-0.25, -0.2) is 0 Å². The van der Waals surface area contributed by atoms with E-state index in [1.165, 1.54) is 19.3 Å². The predicted molar refractivity (Wildman–Crippen MR) is 74.8 cm³/mol. The van der Waals surface area contributed by atoms with Crippen molar-refractivity contribution in [2.75, 3.05) is 19.6 Å². The molecule has 6 aliphatic rings. The molecule has 5 saturated carbocycles. The fourth-order valence-electron chi connectivity index (χ4n) is 7.79. The second-order valence-corrected chi connectivity index (χ2v) is 8.34. The third kappa shape index (κ3) is 0.895. The third-order valence-electron chi connectivity index (χ3n) is 8.19. The molecule has 0 amide bonds. The molecule has 108 valence electrons. The summed E-state index contributed by atoms with van der Waals surface area (Å²) in [4.78, 5) is 6.75. The molecule has 9 unspecified atom stereocenters. The number of nitrogens with two attached hydrogens (primary N) is 1. The summed E-state index contributed by atoms with van der Waals surface area (Å²) >= 11 is 0. The van der Waals surface area contributed by atoms with E-state index in [9.17, 15) is 5.11 Å². The van der Waals surface area contributed by atoms with Crippen LogP contribution < -0.4 is 5.73 Å². The van der Waals surface area contributed by atoms with Crippen LogP contribution in [-0.2, 0) is 0 Å². The molecule has 9 atom stereocenters. The average Bonchev–Trinajstić information content (AvgIpc) is 2.83. The molecule has 0 radical (unpaired) electrons. The quantitative estimate of drug-likeness (QED) is 0.569. The Hall–Kier alpha value is -0.770. The second kappa shape index (κ2) is 3.03. The molecule has 0 spiro atoms. The van der Waals surface area contributed by atoms with E-state index in [1.807, 2.05) is 0 Å². The van der Waals surface area contributed by atoms with E-state index in [0.717, 1.165) is 48.6 Å². The van der Waals surface area contributed by atoms with Gasteiger partial charge in [0, 0.05) is 13.1 Å². The molecule has 3 N–H and O–H groups in total. The number of hydrogen-bond donors (Lipinski definition) is 2. The van der Waals surface area contributed by atoms with Crippen LogP contribution >= 0.6 is 0 Å². The largest absolute Gasteiger partial charge is 0.387 e. The molecule has 0 aromatic heterocycles. The van der Waals surface area contributed by atoms with Gasteiger partial charge in [-0.2, -0.15) is 0 Å². The van der Waals surface area contributed by atoms with Gasteiger partial charge in [0.2, 0.25) is 0 Å². The summed E-state index contributed by atoms with van der Waals surface area (Å²) in [6.07, 6.45) is 4.07. The highest BCUT2D eigenvalue weighted by Gasteiger charge is 2.84. The van der Waals surface area contributed by atoms with Crippen LogP contribution in [0.15, 0.2) is 4.99 Å². The van der Waals surface area contributed by atoms with Crippen LogP contribution in [0.4, 0.5) is 0 Å². The Balaban J connectivity index is 1.33. The van der Waals surface area contributed by atoms with Crippen molar-refractivity contribution in [2.24, 2.45) is 58.1 Å². The minimum Gasteiger partial charge on any atom is -0.387 e. The summed E-state index contributed by atoms with van der Waals surface area (Å²) in [6.45, 7) is 2.66. The van der Waals surface area contributed by atoms with Crippen molar-refractivity contribution in [1.29, 1.82) is 0 Å². The van der Waals surface area contributed by atoms with E-state index in [2.05, 4.69) is 9.89 Å². The van der Waals surface area contributed by atoms with E-state index < -0.39 is 5.60 Å². The van der Waals surface area contributed by atoms with Gasteiger partial charge in [-0.3, -0.25) is 4.99 Å². The molecule has 4 nitrogen and oxygen atoms in total. The fraction of sp³-hybridized carbons (Fsp3) is 0.938. The van der Waals surface area contributed by atoms with Gasteiger partial charge in [0.05, 0.1) is 12.1 Å². The highest BCUT2D eigenvalue weighted by Crippen LogP contribution is 2.85. The molecule has 1 aliphatic heterocycles. The first-order valence-electron chi connectivity index (χ1n) is 8.47. The van der Waals surface area contributed by atoms with Crippen molar-refractivity contribution >= 4 is 5.96 Å². The van der Waals surface area contributed by atoms with E-state index in [0.29, 0.717) is 24.3 Å². The number of likely N-dealkylation sites (tertiary alicyclic amines) is 1. The first kappa shape index (κ1) is 10.9. The zero-order chi connectivity index (χ0) is 13.2. The minimum atomic E-state index is -0.500. The number of aliphatic hydroxyl groups is 1. The number of hydrogen-bond acceptors (Lipinski definition) is 2. The lowest BCUT2D eigenvalue weighted by Gasteiger charge is -2.51. The van der Waals surface area contributed by atoms with Gasteiger partial charge in [0.25, 0.3) is 0 Å². The molecule has 4 heteroatoms. The summed E-state index contributed by atoms with van der Waals surface area (Å²) in [6, 6.07) is 0. The molecule has 5 aliphatic carbocycles. The number of rotatable bonds is 2. The highest BCUT2D eigenvalue weighted by molar-refractivity contribution is 5.78. The maximum absolute atomic E-state index is 11.4. The second-order valence-electron chi connectivity index (χ2n) is 8.34. The van der Waals surface area contributed by atoms with Gasteiger partial charge in [-0.15, -0.1) is 0 Å². The Labute approximate surface area is 119 Å². The monoisotopic (exact) mass is 273 g/mol. The van der Waals surface area contributed by atoms with Crippen LogP contribution in [0, 0.1) is 47.3 Å². The summed E-state index contributed by atoms with van der Waals surface area (Å²) in [7, 11) is 0. The summed E-state index contributed by atoms with van der Waals surface area (Å²) < 4.78 is 0. The van der Waals surface area contributed by atoms with Crippen LogP contribution in [0.3, 0.4) is 0 Å². The van der Waals surface area contributed by atoms with Crippen molar-refractivity contribution in [3.8, 4) is 0 Å². The average molecular weight is 273 g/mol. The lowest BCUT2D eigenvalue weighted by molar-refractivity contribution is -0.123. The SMILES string of the molecule is NC(=NCC1(O)C2C3CC4C5C3CC2C5C41)N1CCC1. The Kier molecular flexibility index (Phi) is 1.65. The zero-order valence-corrected chi connectivity index (χ0v) is 11.8. The number of guanidine groups is 1. The Morgan fingerprint density at radius 3 is 2.60 bits per heavy atom. The Bertz CT molecular complexity index is 524. The summed E-state index contributed by atoms with van der Waals surface area (Å²) in [5.74, 6) is 7.13. The lowest BCUT2D eigenvalue weighted by atomic mass is 9.56. The lowest BCUT2D eigenvalue weighted by Crippen LogP contribution is -2.56. The molecular weight excluding hydrogens is 250 g/mol. The molecule has 1 saturated heterocycles. The van der Waals surface area contributed by atoms with Gasteiger partial charge < -0.3 is 15.7 Å². The van der Waals surface area contributed by atoms with Gasteiger partial charge in [-0.05, 0) is 66.6 Å². The van der Waals surface area contributed by atoms with E-state index in [1.54, 1.807) is 0 Å². The summed E-state index contributed by atoms with van der Waals surface area (Å²) in [5.41, 5.74) is 5.57. The van der Waals surface area contributed by atoms with E-state index >= 15 is 0 Å². The number of nitrogens with zero attached hydrogens (tertiary/aromatic N) is 2. The van der Waals surface area contributed by atoms with Crippen molar-refractivity contribution < 1.29 is 5.11 Å². The molecule has 20 heavy (non-hydrogen) atoms. The molecule has 2 bridgehead atoms. The number of aliphatic imine (C=N–C) groups is 1. The first-order valence-corrected chi connectivity index (χ1v) is 8.47. The number of fused-ring (bicyclic) bond motifs is 2. The zero-order valence-electron chi connectivity index (χ0n) is 11.8. The van der Waals surface area contributed by atoms with E-state index in [4.69, 9.17) is 5.73 Å². The van der Waals surface area contributed by atoms with Gasteiger partial charge >= 0.3 is 0 Å². The molecule has 1 heterocycles. The minimum absolute atomic E-state index is 0.500. The van der Waals surface area contributed by atoms with Crippen LogP contribution in [0.5, 0.6) is 0 Å². The standard InChI is InChI=1S/C16H23N3O/c17-15(19-2-1-3-19)18-6-16(20)13-8-5-9-11-7(8)4-10(13)12(11)14(9)16/h7-14,20H,1-6H2,(H2,17,18). The molecular formula is C16H23N3O. The highest BCUT2D eigenvalue weighted by atomic mass is 16.3. The normalized spacial score (nSPS) is 64.0. The topological polar surface area (TPSA) is 61.9 Å². The third-order valence-corrected chi connectivity index (χ3v) is 8.19. The Morgan fingerprint density at radius 1 is 1.10 bits per heavy atom. The summed E-state index contributed by atoms with van der Waals surface area (Å²) in [5, 5.41) is 11.4. The smallest absolute Gasteiger partial charge is 0.191 e. The molecule has 0 aromatic rings. The van der Waals surface area contributed by atoms with Crippen LogP contribution in [0.2, 0.25) is 0 Å². The van der Waals surface area contributed by atoms with Gasteiger partial charge in [0.1, 0.15) is 0 Å². The van der Waals surface area contributed by atoms with Crippen LogP contribution in [0.25, 0.3) is 0 Å². The maximum Gasteiger partial charge on any atom is 0.191 e. The van der Waals surface area contributed by atoms with Crippen molar-refractivity contribution in [1.82, 2.24) is 4.90 Å². The maximum atomic E-state index is 11.4. The van der Waals surface area contributed by atoms with Crippen molar-refractivity contribution in [3.05, 3.63) is 0 Å². The molecule has 0 aromatic carbocycles. The Morgan fingerprint density at radius 2 is 1.85 bits per heavy atom. The predicted octanol–water partition coefficient (Wildman–Crippen LogP) is 0.516. The first-order chi connectivity index (χ1) is 9.70. The van der Waals surface area contributed by atoms with Gasteiger partial charge in [-0.1, -0.05) is 0 Å². The van der Waals surface area contributed by atoms with Crippen LogP contribution in [0.1, 0.15) is 19.3 Å². The molecule has 6 fully saturated rings. The van der Waals surface area contributed by atoms with E-state index in [-0.39, 0.29) is 0 Å². The fourth-order valence-corrected chi connectivity index (χ4v) is 7.79.